The number of likely N-dealkylation sites (N-methyl/N-ethyl adjacent to an activating group) is 1. The molecule has 0 radical (unpaired) electrons. The number of allylic oxidation sites excluding steroid dienone is 3. The highest BCUT2D eigenvalue weighted by Gasteiger charge is 2.19. The monoisotopic (exact) mass is 180 g/mol. The molecule has 13 heavy (non-hydrogen) atoms. The average Bonchev–Trinajstić information content (AvgIpc) is 2.17. The Balaban J connectivity index is 2.66. The summed E-state index contributed by atoms with van der Waals surface area (Å²) in [5, 5.41) is 0. The molecule has 0 spiro atoms. The molecule has 0 bridgehead atoms. The van der Waals surface area contributed by atoms with Crippen molar-refractivity contribution in [2.75, 3.05) is 14.1 Å². The number of amides is 1. The number of carbonyl (C=O) groups is 1. The van der Waals surface area contributed by atoms with Crippen molar-refractivity contribution in [3.8, 4) is 0 Å². The topological polar surface area (TPSA) is 46.3 Å². The lowest BCUT2D eigenvalue weighted by Gasteiger charge is -2.20. The molecule has 2 N–H and O–H groups in total. The van der Waals surface area contributed by atoms with Gasteiger partial charge in [-0.15, -0.1) is 0 Å². The maximum Gasteiger partial charge on any atom is 0.243 e. The molecule has 1 atom stereocenters. The number of hydrogen-bond acceptors (Lipinski definition) is 2. The van der Waals surface area contributed by atoms with Crippen LogP contribution >= 0.6 is 0 Å². The normalized spacial score (nSPS) is 17.9. The second-order valence-corrected chi connectivity index (χ2v) is 3.42. The zero-order valence-corrected chi connectivity index (χ0v) is 8.16. The molecule has 3 nitrogen and oxygen atoms in total. The molecule has 0 saturated heterocycles. The summed E-state index contributed by atoms with van der Waals surface area (Å²) in [6.07, 6.45) is 7.87. The summed E-state index contributed by atoms with van der Waals surface area (Å²) in [7, 11) is 3.45. The minimum Gasteiger partial charge on any atom is -0.347 e. The summed E-state index contributed by atoms with van der Waals surface area (Å²) in [6.45, 7) is 0. The molecule has 0 aliphatic heterocycles. The highest BCUT2D eigenvalue weighted by molar-refractivity contribution is 5.84. The fourth-order valence-corrected chi connectivity index (χ4v) is 1.32. The summed E-state index contributed by atoms with van der Waals surface area (Å²) in [6, 6.07) is -0.458. The van der Waals surface area contributed by atoms with Crippen molar-refractivity contribution in [2.45, 2.75) is 18.9 Å². The average molecular weight is 180 g/mol. The van der Waals surface area contributed by atoms with Crippen LogP contribution in [0.1, 0.15) is 12.8 Å². The molecule has 1 amide bonds. The first kappa shape index (κ1) is 9.99. The molecule has 0 aromatic heterocycles. The zero-order chi connectivity index (χ0) is 9.84. The highest BCUT2D eigenvalue weighted by Crippen LogP contribution is 2.15. The maximum atomic E-state index is 11.5. The van der Waals surface area contributed by atoms with Crippen molar-refractivity contribution in [2.24, 2.45) is 5.73 Å². The van der Waals surface area contributed by atoms with Crippen LogP contribution in [0.2, 0.25) is 0 Å². The van der Waals surface area contributed by atoms with Crippen molar-refractivity contribution in [3.63, 3.8) is 0 Å². The predicted molar refractivity (Wildman–Crippen MR) is 53.1 cm³/mol. The fraction of sp³-hybridized carbons (Fsp3) is 0.500. The summed E-state index contributed by atoms with van der Waals surface area (Å²) >= 11 is 0. The number of nitrogens with two attached hydrogens (primary N) is 1. The van der Waals surface area contributed by atoms with E-state index in [4.69, 9.17) is 5.73 Å². The molecular weight excluding hydrogens is 164 g/mol. The van der Waals surface area contributed by atoms with Crippen LogP contribution in [-0.2, 0) is 4.79 Å². The molecule has 0 aromatic rings. The molecular formula is C10H16N2O. The first-order chi connectivity index (χ1) is 6.13. The number of carbonyl (C=O) groups excluding carboxylic acids is 1. The second-order valence-electron chi connectivity index (χ2n) is 3.42. The Morgan fingerprint density at radius 1 is 1.62 bits per heavy atom. The van der Waals surface area contributed by atoms with E-state index in [2.05, 4.69) is 6.08 Å². The van der Waals surface area contributed by atoms with Crippen molar-refractivity contribution >= 4 is 5.91 Å². The number of hydrogen-bond donors (Lipinski definition) is 1. The molecule has 1 aliphatic rings. The van der Waals surface area contributed by atoms with Gasteiger partial charge in [-0.05, 0) is 18.4 Å². The lowest BCUT2D eigenvalue weighted by Crippen LogP contribution is -2.41. The third kappa shape index (κ3) is 2.42. The second kappa shape index (κ2) is 4.23. The van der Waals surface area contributed by atoms with Gasteiger partial charge in [0.2, 0.25) is 5.91 Å². The highest BCUT2D eigenvalue weighted by atomic mass is 16.2. The smallest absolute Gasteiger partial charge is 0.243 e. The quantitative estimate of drug-likeness (QED) is 0.679. The maximum absolute atomic E-state index is 11.5. The van der Waals surface area contributed by atoms with E-state index in [1.807, 2.05) is 12.2 Å². The third-order valence-electron chi connectivity index (χ3n) is 2.15. The standard InChI is InChI=1S/C10H16N2O/c1-12(2)10(13)9(11)8-6-4-3-5-7-8/h3-4,6,9H,5,7,11H2,1-2H3/t9-/m0/s1. The first-order valence-corrected chi connectivity index (χ1v) is 4.45. The third-order valence-corrected chi connectivity index (χ3v) is 2.15. The van der Waals surface area contributed by atoms with E-state index in [0.29, 0.717) is 0 Å². The van der Waals surface area contributed by atoms with Crippen molar-refractivity contribution in [3.05, 3.63) is 23.8 Å². The molecule has 1 rings (SSSR count). The predicted octanol–water partition coefficient (Wildman–Crippen LogP) is 0.678. The molecule has 1 aliphatic carbocycles. The minimum atomic E-state index is -0.458. The van der Waals surface area contributed by atoms with Crippen LogP contribution in [0.15, 0.2) is 23.8 Å². The molecule has 0 unspecified atom stereocenters. The van der Waals surface area contributed by atoms with Gasteiger partial charge in [-0.2, -0.15) is 0 Å². The van der Waals surface area contributed by atoms with Crippen LogP contribution < -0.4 is 5.73 Å². The van der Waals surface area contributed by atoms with Gasteiger partial charge in [0.1, 0.15) is 6.04 Å². The van der Waals surface area contributed by atoms with Gasteiger partial charge in [0.25, 0.3) is 0 Å². The summed E-state index contributed by atoms with van der Waals surface area (Å²) in [4.78, 5) is 13.0. The summed E-state index contributed by atoms with van der Waals surface area (Å²) < 4.78 is 0. The van der Waals surface area contributed by atoms with E-state index in [1.54, 1.807) is 14.1 Å². The Bertz CT molecular complexity index is 254. The molecule has 72 valence electrons. The van der Waals surface area contributed by atoms with Gasteiger partial charge < -0.3 is 10.6 Å². The molecule has 0 aromatic carbocycles. The van der Waals surface area contributed by atoms with Gasteiger partial charge in [0, 0.05) is 14.1 Å². The molecule has 0 fully saturated rings. The van der Waals surface area contributed by atoms with Crippen LogP contribution in [0.4, 0.5) is 0 Å². The van der Waals surface area contributed by atoms with Crippen molar-refractivity contribution in [1.29, 1.82) is 0 Å². The Morgan fingerprint density at radius 3 is 2.77 bits per heavy atom. The largest absolute Gasteiger partial charge is 0.347 e. The van der Waals surface area contributed by atoms with Crippen LogP contribution in [0.25, 0.3) is 0 Å². The lowest BCUT2D eigenvalue weighted by molar-refractivity contribution is -0.129. The molecule has 0 saturated carbocycles. The number of nitrogens with zero attached hydrogens (tertiary/aromatic N) is 1. The van der Waals surface area contributed by atoms with Crippen molar-refractivity contribution < 1.29 is 4.79 Å². The van der Waals surface area contributed by atoms with Gasteiger partial charge in [0.05, 0.1) is 0 Å². The Labute approximate surface area is 78.9 Å². The van der Waals surface area contributed by atoms with E-state index < -0.39 is 6.04 Å². The van der Waals surface area contributed by atoms with Crippen LogP contribution in [-0.4, -0.2) is 30.9 Å². The van der Waals surface area contributed by atoms with Gasteiger partial charge >= 0.3 is 0 Å². The van der Waals surface area contributed by atoms with E-state index >= 15 is 0 Å². The minimum absolute atomic E-state index is 0.0263. The SMILES string of the molecule is CN(C)C(=O)[C@@H](N)C1=CC=CCC1. The van der Waals surface area contributed by atoms with E-state index in [9.17, 15) is 4.79 Å². The first-order valence-electron chi connectivity index (χ1n) is 4.45. The summed E-state index contributed by atoms with van der Waals surface area (Å²) in [5.41, 5.74) is 6.83. The van der Waals surface area contributed by atoms with Crippen LogP contribution in [0.3, 0.4) is 0 Å². The Morgan fingerprint density at radius 2 is 2.31 bits per heavy atom. The Kier molecular flexibility index (Phi) is 3.25. The van der Waals surface area contributed by atoms with Gasteiger partial charge in [-0.25, -0.2) is 0 Å². The lowest BCUT2D eigenvalue weighted by atomic mass is 9.98. The number of rotatable bonds is 2. The zero-order valence-electron chi connectivity index (χ0n) is 8.16. The van der Waals surface area contributed by atoms with Gasteiger partial charge in [-0.3, -0.25) is 4.79 Å². The van der Waals surface area contributed by atoms with E-state index in [-0.39, 0.29) is 5.91 Å². The molecule has 0 heterocycles. The van der Waals surface area contributed by atoms with E-state index in [0.717, 1.165) is 18.4 Å². The Hall–Kier alpha value is -1.09. The molecule has 3 heteroatoms. The van der Waals surface area contributed by atoms with Crippen molar-refractivity contribution in [1.82, 2.24) is 4.90 Å². The van der Waals surface area contributed by atoms with Crippen LogP contribution in [0.5, 0.6) is 0 Å². The fourth-order valence-electron chi connectivity index (χ4n) is 1.32. The van der Waals surface area contributed by atoms with Gasteiger partial charge in [-0.1, -0.05) is 18.2 Å². The summed E-state index contributed by atoms with van der Waals surface area (Å²) in [5.74, 6) is -0.0263. The van der Waals surface area contributed by atoms with Gasteiger partial charge in [0.15, 0.2) is 0 Å². The van der Waals surface area contributed by atoms with Crippen LogP contribution in [0, 0.1) is 0 Å². The van der Waals surface area contributed by atoms with E-state index in [1.165, 1.54) is 4.90 Å².